The highest BCUT2D eigenvalue weighted by molar-refractivity contribution is 7.13. The van der Waals surface area contributed by atoms with Crippen LogP contribution in [0.25, 0.3) is 10.7 Å². The molecule has 0 spiro atoms. The third-order valence-corrected chi connectivity index (χ3v) is 4.05. The van der Waals surface area contributed by atoms with Gasteiger partial charge in [-0.15, -0.1) is 16.4 Å². The summed E-state index contributed by atoms with van der Waals surface area (Å²) in [5.41, 5.74) is 0. The van der Waals surface area contributed by atoms with Gasteiger partial charge in [-0.25, -0.2) is 4.68 Å². The number of thiophene rings is 1. The molecule has 2 aromatic rings. The van der Waals surface area contributed by atoms with Crippen LogP contribution in [0.4, 0.5) is 5.95 Å². The molecule has 1 amide bonds. The molecule has 1 aliphatic rings. The summed E-state index contributed by atoms with van der Waals surface area (Å²) >= 11 is 1.58. The van der Waals surface area contributed by atoms with E-state index in [2.05, 4.69) is 22.3 Å². The van der Waals surface area contributed by atoms with Crippen molar-refractivity contribution < 1.29 is 4.79 Å². The van der Waals surface area contributed by atoms with Crippen LogP contribution >= 0.6 is 11.3 Å². The molecule has 0 saturated heterocycles. The molecule has 0 radical (unpaired) electrons. The van der Waals surface area contributed by atoms with Crippen molar-refractivity contribution in [2.45, 2.75) is 13.3 Å². The average molecular weight is 262 g/mol. The van der Waals surface area contributed by atoms with Gasteiger partial charge in [0.05, 0.1) is 4.88 Å². The molecule has 0 unspecified atom stereocenters. The van der Waals surface area contributed by atoms with E-state index in [9.17, 15) is 4.79 Å². The first kappa shape index (κ1) is 11.4. The minimum Gasteiger partial charge on any atom is -0.294 e. The maximum atomic E-state index is 11.8. The molecule has 2 heterocycles. The summed E-state index contributed by atoms with van der Waals surface area (Å²) in [6.45, 7) is 2.08. The number of rotatable bonds is 3. The third kappa shape index (κ3) is 2.03. The summed E-state index contributed by atoms with van der Waals surface area (Å²) in [5, 5.41) is 9.13. The van der Waals surface area contributed by atoms with E-state index < -0.39 is 0 Å². The molecule has 1 fully saturated rings. The van der Waals surface area contributed by atoms with E-state index in [0.29, 0.717) is 17.7 Å². The van der Waals surface area contributed by atoms with Crippen LogP contribution in [0.5, 0.6) is 0 Å². The van der Waals surface area contributed by atoms with E-state index >= 15 is 0 Å². The van der Waals surface area contributed by atoms with Crippen LogP contribution < -0.4 is 5.32 Å². The molecular weight excluding hydrogens is 248 g/mol. The molecule has 0 aromatic carbocycles. The Morgan fingerprint density at radius 3 is 3.00 bits per heavy atom. The number of aromatic nitrogens is 3. The van der Waals surface area contributed by atoms with Crippen LogP contribution in [-0.4, -0.2) is 20.7 Å². The summed E-state index contributed by atoms with van der Waals surface area (Å²) in [5.74, 6) is 1.87. The number of anilines is 1. The van der Waals surface area contributed by atoms with E-state index in [1.807, 2.05) is 17.5 Å². The van der Waals surface area contributed by atoms with Crippen molar-refractivity contribution in [2.75, 3.05) is 5.32 Å². The molecular formula is C12H14N4OS. The normalized spacial score (nSPS) is 21.9. The van der Waals surface area contributed by atoms with E-state index in [0.717, 1.165) is 11.3 Å². The van der Waals surface area contributed by atoms with Crippen LogP contribution in [0, 0.1) is 11.8 Å². The maximum absolute atomic E-state index is 11.8. The van der Waals surface area contributed by atoms with Gasteiger partial charge in [0.1, 0.15) is 0 Å². The molecule has 0 bridgehead atoms. The van der Waals surface area contributed by atoms with Crippen LogP contribution in [0.15, 0.2) is 17.5 Å². The molecule has 1 aliphatic carbocycles. The number of aryl methyl sites for hydroxylation is 1. The van der Waals surface area contributed by atoms with Crippen molar-refractivity contribution in [2.24, 2.45) is 18.9 Å². The molecule has 2 atom stereocenters. The smallest absolute Gasteiger partial charge is 0.230 e. The first-order chi connectivity index (χ1) is 8.65. The highest BCUT2D eigenvalue weighted by Gasteiger charge is 2.39. The Morgan fingerprint density at radius 2 is 2.39 bits per heavy atom. The monoisotopic (exact) mass is 262 g/mol. The fraction of sp³-hybridized carbons (Fsp3) is 0.417. The molecule has 0 aliphatic heterocycles. The zero-order valence-corrected chi connectivity index (χ0v) is 11.1. The van der Waals surface area contributed by atoms with Gasteiger partial charge in [-0.1, -0.05) is 13.0 Å². The van der Waals surface area contributed by atoms with E-state index in [1.165, 1.54) is 0 Å². The van der Waals surface area contributed by atoms with Crippen molar-refractivity contribution >= 4 is 23.2 Å². The molecule has 3 rings (SSSR count). The Labute approximate surface area is 109 Å². The van der Waals surface area contributed by atoms with Gasteiger partial charge in [-0.2, -0.15) is 4.98 Å². The summed E-state index contributed by atoms with van der Waals surface area (Å²) in [6, 6.07) is 3.93. The second-order valence-corrected chi connectivity index (χ2v) is 5.62. The van der Waals surface area contributed by atoms with Gasteiger partial charge in [0.15, 0.2) is 5.82 Å². The number of carbonyl (C=O) groups is 1. The maximum Gasteiger partial charge on any atom is 0.230 e. The fourth-order valence-electron chi connectivity index (χ4n) is 1.89. The Bertz CT molecular complexity index is 575. The quantitative estimate of drug-likeness (QED) is 0.922. The lowest BCUT2D eigenvalue weighted by molar-refractivity contribution is -0.117. The first-order valence-corrected chi connectivity index (χ1v) is 6.79. The topological polar surface area (TPSA) is 59.8 Å². The van der Waals surface area contributed by atoms with Crippen molar-refractivity contribution in [1.29, 1.82) is 0 Å². The average Bonchev–Trinajstić information content (AvgIpc) is 2.79. The van der Waals surface area contributed by atoms with Crippen molar-refractivity contribution in [1.82, 2.24) is 14.8 Å². The Hall–Kier alpha value is -1.69. The second kappa shape index (κ2) is 4.20. The molecule has 94 valence electrons. The minimum absolute atomic E-state index is 0.0516. The lowest BCUT2D eigenvalue weighted by Gasteiger charge is -2.01. The largest absolute Gasteiger partial charge is 0.294 e. The van der Waals surface area contributed by atoms with Gasteiger partial charge in [0.25, 0.3) is 0 Å². The fourth-order valence-corrected chi connectivity index (χ4v) is 2.55. The number of amides is 1. The third-order valence-electron chi connectivity index (χ3n) is 3.19. The zero-order chi connectivity index (χ0) is 12.7. The SMILES string of the molecule is C[C@@H]1C[C@H]1C(=O)Nc1nc(-c2cccs2)nn1C. The predicted octanol–water partition coefficient (Wildman–Crippen LogP) is 2.14. The second-order valence-electron chi connectivity index (χ2n) is 4.67. The molecule has 2 aromatic heterocycles. The molecule has 1 saturated carbocycles. The summed E-state index contributed by atoms with van der Waals surface area (Å²) in [7, 11) is 1.79. The van der Waals surface area contributed by atoms with Crippen molar-refractivity contribution in [3.63, 3.8) is 0 Å². The highest BCUT2D eigenvalue weighted by Crippen LogP contribution is 2.38. The first-order valence-electron chi connectivity index (χ1n) is 5.91. The highest BCUT2D eigenvalue weighted by atomic mass is 32.1. The minimum atomic E-state index is 0.0516. The summed E-state index contributed by atoms with van der Waals surface area (Å²) < 4.78 is 1.61. The molecule has 5 nitrogen and oxygen atoms in total. The zero-order valence-electron chi connectivity index (χ0n) is 10.3. The van der Waals surface area contributed by atoms with Crippen molar-refractivity contribution in [3.05, 3.63) is 17.5 Å². The molecule has 1 N–H and O–H groups in total. The number of nitrogens with zero attached hydrogens (tertiary/aromatic N) is 3. The van der Waals surface area contributed by atoms with Crippen LogP contribution in [-0.2, 0) is 11.8 Å². The van der Waals surface area contributed by atoms with Gasteiger partial charge >= 0.3 is 0 Å². The van der Waals surface area contributed by atoms with Gasteiger partial charge in [0.2, 0.25) is 11.9 Å². The standard InChI is InChI=1S/C12H14N4OS/c1-7-6-8(7)11(17)14-12-13-10(15-16(12)2)9-4-3-5-18-9/h3-5,7-8H,6H2,1-2H3,(H,13,14,15,17)/t7-,8-/m1/s1. The summed E-state index contributed by atoms with van der Waals surface area (Å²) in [4.78, 5) is 17.2. The number of nitrogens with one attached hydrogen (secondary N) is 1. The Balaban J connectivity index is 1.79. The number of hydrogen-bond acceptors (Lipinski definition) is 4. The van der Waals surface area contributed by atoms with E-state index in [1.54, 1.807) is 23.1 Å². The van der Waals surface area contributed by atoms with Gasteiger partial charge in [-0.3, -0.25) is 10.1 Å². The lowest BCUT2D eigenvalue weighted by Crippen LogP contribution is -2.17. The van der Waals surface area contributed by atoms with Crippen LogP contribution in [0.1, 0.15) is 13.3 Å². The lowest BCUT2D eigenvalue weighted by atomic mass is 10.3. The molecule has 18 heavy (non-hydrogen) atoms. The van der Waals surface area contributed by atoms with Crippen molar-refractivity contribution in [3.8, 4) is 10.7 Å². The number of carbonyl (C=O) groups excluding carboxylic acids is 1. The van der Waals surface area contributed by atoms with Gasteiger partial charge in [-0.05, 0) is 23.8 Å². The van der Waals surface area contributed by atoms with Crippen LogP contribution in [0.3, 0.4) is 0 Å². The van der Waals surface area contributed by atoms with E-state index in [-0.39, 0.29) is 11.8 Å². The van der Waals surface area contributed by atoms with Gasteiger partial charge in [0, 0.05) is 13.0 Å². The predicted molar refractivity (Wildman–Crippen MR) is 70.2 cm³/mol. The number of hydrogen-bond donors (Lipinski definition) is 1. The Kier molecular flexibility index (Phi) is 2.66. The van der Waals surface area contributed by atoms with Crippen LogP contribution in [0.2, 0.25) is 0 Å². The van der Waals surface area contributed by atoms with E-state index in [4.69, 9.17) is 0 Å². The molecule has 6 heteroatoms. The Morgan fingerprint density at radius 1 is 1.61 bits per heavy atom. The van der Waals surface area contributed by atoms with Gasteiger partial charge < -0.3 is 0 Å². The summed E-state index contributed by atoms with van der Waals surface area (Å²) in [6.07, 6.45) is 0.974.